The third-order valence-corrected chi connectivity index (χ3v) is 2.93. The van der Waals surface area contributed by atoms with Crippen molar-refractivity contribution in [3.05, 3.63) is 23.9 Å². The lowest BCUT2D eigenvalue weighted by Crippen LogP contribution is -2.59. The highest BCUT2D eigenvalue weighted by Gasteiger charge is 2.35. The molecule has 2 heterocycles. The van der Waals surface area contributed by atoms with Crippen molar-refractivity contribution in [1.82, 2.24) is 15.2 Å². The number of nitrogens with two attached hydrogens (primary N) is 1. The minimum Gasteiger partial charge on any atom is -0.384 e. The number of carbonyl (C=O) groups is 3. The maximum absolute atomic E-state index is 12.3. The van der Waals surface area contributed by atoms with Gasteiger partial charge in [0.1, 0.15) is 18.4 Å². The van der Waals surface area contributed by atoms with Crippen LogP contribution in [-0.2, 0) is 9.59 Å². The predicted octanol–water partition coefficient (Wildman–Crippen LogP) is -0.459. The third kappa shape index (κ3) is 2.54. The van der Waals surface area contributed by atoms with E-state index in [2.05, 4.69) is 10.3 Å². The highest BCUT2D eigenvalue weighted by Crippen LogP contribution is 2.14. The molecule has 0 spiro atoms. The first-order valence-corrected chi connectivity index (χ1v) is 5.89. The van der Waals surface area contributed by atoms with E-state index >= 15 is 0 Å². The van der Waals surface area contributed by atoms with Crippen LogP contribution in [0.5, 0.6) is 0 Å². The number of pyridine rings is 1. The molecule has 3 amide bonds. The molecule has 3 N–H and O–H groups in total. The third-order valence-electron chi connectivity index (χ3n) is 2.93. The Bertz CT molecular complexity index is 544. The van der Waals surface area contributed by atoms with Crippen molar-refractivity contribution in [2.24, 2.45) is 0 Å². The van der Waals surface area contributed by atoms with Crippen LogP contribution in [0.3, 0.4) is 0 Å². The Labute approximate surface area is 109 Å². The number of imide groups is 1. The molecule has 7 nitrogen and oxygen atoms in total. The Balaban J connectivity index is 2.30. The number of nitrogen functional groups attached to an aromatic ring is 1. The average molecular weight is 262 g/mol. The molecule has 1 aliphatic heterocycles. The summed E-state index contributed by atoms with van der Waals surface area (Å²) in [4.78, 5) is 40.5. The van der Waals surface area contributed by atoms with Crippen molar-refractivity contribution < 1.29 is 14.4 Å². The molecule has 0 aromatic carbocycles. The second kappa shape index (κ2) is 5.05. The number of nitrogens with one attached hydrogen (secondary N) is 1. The smallest absolute Gasteiger partial charge is 0.255 e. The summed E-state index contributed by atoms with van der Waals surface area (Å²) in [7, 11) is 0. The van der Waals surface area contributed by atoms with Crippen molar-refractivity contribution in [3.63, 3.8) is 0 Å². The van der Waals surface area contributed by atoms with E-state index in [1.165, 1.54) is 23.2 Å². The second-order valence-electron chi connectivity index (χ2n) is 4.24. The van der Waals surface area contributed by atoms with Crippen LogP contribution in [-0.4, -0.2) is 40.2 Å². The molecule has 1 aromatic rings. The van der Waals surface area contributed by atoms with Gasteiger partial charge in [-0.2, -0.15) is 0 Å². The summed E-state index contributed by atoms with van der Waals surface area (Å²) < 4.78 is 0. The number of aromatic nitrogens is 1. The van der Waals surface area contributed by atoms with E-state index in [1.807, 2.05) is 0 Å². The fraction of sp³-hybridized carbons (Fsp3) is 0.333. The van der Waals surface area contributed by atoms with Crippen LogP contribution in [0.25, 0.3) is 0 Å². The van der Waals surface area contributed by atoms with Crippen molar-refractivity contribution in [2.75, 3.05) is 12.3 Å². The number of rotatable bonds is 2. The molecule has 0 bridgehead atoms. The summed E-state index contributed by atoms with van der Waals surface area (Å²) in [6.45, 7) is 1.65. The first-order valence-electron chi connectivity index (χ1n) is 5.89. The number of hydrogen-bond donors (Lipinski definition) is 2. The van der Waals surface area contributed by atoms with Crippen LogP contribution in [0.2, 0.25) is 0 Å². The summed E-state index contributed by atoms with van der Waals surface area (Å²) in [5.74, 6) is -1.12. The Morgan fingerprint density at radius 3 is 2.95 bits per heavy atom. The molecule has 0 saturated carbocycles. The van der Waals surface area contributed by atoms with Crippen molar-refractivity contribution in [3.8, 4) is 0 Å². The largest absolute Gasteiger partial charge is 0.384 e. The number of hydrogen-bond acceptors (Lipinski definition) is 5. The van der Waals surface area contributed by atoms with Crippen LogP contribution < -0.4 is 11.1 Å². The molecule has 2 rings (SSSR count). The van der Waals surface area contributed by atoms with Gasteiger partial charge < -0.3 is 10.6 Å². The molecule has 1 saturated heterocycles. The molecule has 1 unspecified atom stereocenters. The lowest BCUT2D eigenvalue weighted by molar-refractivity contribution is -0.138. The fourth-order valence-corrected chi connectivity index (χ4v) is 2.03. The highest BCUT2D eigenvalue weighted by atomic mass is 16.2. The van der Waals surface area contributed by atoms with Crippen LogP contribution in [0, 0.1) is 0 Å². The normalized spacial score (nSPS) is 19.2. The Morgan fingerprint density at radius 2 is 2.32 bits per heavy atom. The lowest BCUT2D eigenvalue weighted by Gasteiger charge is -2.33. The van der Waals surface area contributed by atoms with Crippen LogP contribution in [0.1, 0.15) is 23.7 Å². The predicted molar refractivity (Wildman–Crippen MR) is 66.9 cm³/mol. The zero-order valence-corrected chi connectivity index (χ0v) is 10.4. The minimum absolute atomic E-state index is 0.134. The number of nitrogens with zero attached hydrogens (tertiary/aromatic N) is 2. The minimum atomic E-state index is -0.639. The van der Waals surface area contributed by atoms with E-state index in [0.29, 0.717) is 12.0 Å². The monoisotopic (exact) mass is 262 g/mol. The second-order valence-corrected chi connectivity index (χ2v) is 4.24. The number of anilines is 1. The van der Waals surface area contributed by atoms with Crippen LogP contribution in [0.4, 0.5) is 5.82 Å². The van der Waals surface area contributed by atoms with E-state index in [9.17, 15) is 14.4 Å². The maximum Gasteiger partial charge on any atom is 0.255 e. The topological polar surface area (TPSA) is 105 Å². The summed E-state index contributed by atoms with van der Waals surface area (Å²) >= 11 is 0. The van der Waals surface area contributed by atoms with Crippen LogP contribution in [0.15, 0.2) is 18.3 Å². The summed E-state index contributed by atoms with van der Waals surface area (Å²) in [6, 6.07) is 2.29. The Kier molecular flexibility index (Phi) is 3.46. The van der Waals surface area contributed by atoms with Gasteiger partial charge in [-0.3, -0.25) is 19.7 Å². The van der Waals surface area contributed by atoms with Gasteiger partial charge in [0.2, 0.25) is 11.8 Å². The van der Waals surface area contributed by atoms with Gasteiger partial charge in [-0.05, 0) is 18.6 Å². The van der Waals surface area contributed by atoms with Crippen molar-refractivity contribution in [2.45, 2.75) is 19.4 Å². The van der Waals surface area contributed by atoms with Gasteiger partial charge in [0, 0.05) is 11.8 Å². The molecular weight excluding hydrogens is 248 g/mol. The van der Waals surface area contributed by atoms with Gasteiger partial charge in [-0.1, -0.05) is 6.92 Å². The average Bonchev–Trinajstić information content (AvgIpc) is 2.37. The maximum atomic E-state index is 12.3. The van der Waals surface area contributed by atoms with Gasteiger partial charge in [-0.25, -0.2) is 4.98 Å². The van der Waals surface area contributed by atoms with E-state index in [-0.39, 0.29) is 12.4 Å². The first-order chi connectivity index (χ1) is 9.02. The molecule has 0 radical (unpaired) electrons. The fourth-order valence-electron chi connectivity index (χ4n) is 2.03. The van der Waals surface area contributed by atoms with E-state index in [4.69, 9.17) is 5.73 Å². The Morgan fingerprint density at radius 1 is 1.58 bits per heavy atom. The molecule has 1 fully saturated rings. The molecule has 7 heteroatoms. The van der Waals surface area contributed by atoms with Gasteiger partial charge in [-0.15, -0.1) is 0 Å². The SMILES string of the molecule is CCC1C(=O)NC(=O)CN1C(=O)c1ccnc(N)c1. The zero-order valence-electron chi connectivity index (χ0n) is 10.4. The molecular formula is C12H14N4O3. The van der Waals surface area contributed by atoms with Crippen molar-refractivity contribution >= 4 is 23.5 Å². The molecule has 100 valence electrons. The summed E-state index contributed by atoms with van der Waals surface area (Å²) in [6.07, 6.45) is 1.85. The van der Waals surface area contributed by atoms with Gasteiger partial charge in [0.15, 0.2) is 0 Å². The number of piperazine rings is 1. The summed E-state index contributed by atoms with van der Waals surface area (Å²) in [5, 5.41) is 2.22. The van der Waals surface area contributed by atoms with Crippen molar-refractivity contribution in [1.29, 1.82) is 0 Å². The molecule has 0 aliphatic carbocycles. The quantitative estimate of drug-likeness (QED) is 0.702. The molecule has 1 atom stereocenters. The Hall–Kier alpha value is -2.44. The lowest BCUT2D eigenvalue weighted by atomic mass is 10.1. The van der Waals surface area contributed by atoms with E-state index < -0.39 is 23.8 Å². The molecule has 1 aliphatic rings. The van der Waals surface area contributed by atoms with Gasteiger partial charge >= 0.3 is 0 Å². The summed E-state index contributed by atoms with van der Waals surface area (Å²) in [5.41, 5.74) is 5.83. The van der Waals surface area contributed by atoms with E-state index in [1.54, 1.807) is 6.92 Å². The molecule has 19 heavy (non-hydrogen) atoms. The van der Waals surface area contributed by atoms with Crippen LogP contribution >= 0.6 is 0 Å². The zero-order chi connectivity index (χ0) is 14.0. The first kappa shape index (κ1) is 13.0. The van der Waals surface area contributed by atoms with Gasteiger partial charge in [0.05, 0.1) is 0 Å². The van der Waals surface area contributed by atoms with E-state index in [0.717, 1.165) is 0 Å². The number of carbonyl (C=O) groups excluding carboxylic acids is 3. The standard InChI is InChI=1S/C12H14N4O3/c1-2-8-11(18)15-10(17)6-16(8)12(19)7-3-4-14-9(13)5-7/h3-5,8H,2,6H2,1H3,(H2,13,14)(H,15,17,18). The highest BCUT2D eigenvalue weighted by molar-refractivity contribution is 6.07. The molecule has 1 aromatic heterocycles. The number of amides is 3. The van der Waals surface area contributed by atoms with Gasteiger partial charge in [0.25, 0.3) is 5.91 Å².